The summed E-state index contributed by atoms with van der Waals surface area (Å²) in [6.45, 7) is 7.59. The second-order valence-corrected chi connectivity index (χ2v) is 6.01. The molecule has 0 bridgehead atoms. The van der Waals surface area contributed by atoms with Gasteiger partial charge in [-0.3, -0.25) is 0 Å². The number of rotatable bonds is 4. The maximum absolute atomic E-state index is 9.92. The lowest BCUT2D eigenvalue weighted by Gasteiger charge is -2.36. The van der Waals surface area contributed by atoms with Crippen LogP contribution in [0.5, 0.6) is 0 Å². The standard InChI is InChI=1S/C12H22N4O/c1-11(2,3)16-8-10(14-15-16)7-13-9-12(17)5-4-6-12/h8,13,17H,4-7,9H2,1-3H3. The van der Waals surface area contributed by atoms with Gasteiger partial charge in [-0.05, 0) is 40.0 Å². The average Bonchev–Trinajstić information content (AvgIpc) is 2.63. The summed E-state index contributed by atoms with van der Waals surface area (Å²) in [6.07, 6.45) is 4.92. The molecule has 96 valence electrons. The summed E-state index contributed by atoms with van der Waals surface area (Å²) < 4.78 is 1.86. The predicted molar refractivity (Wildman–Crippen MR) is 65.5 cm³/mol. The van der Waals surface area contributed by atoms with Crippen molar-refractivity contribution in [3.63, 3.8) is 0 Å². The molecule has 5 nitrogen and oxygen atoms in total. The molecule has 0 aliphatic heterocycles. The van der Waals surface area contributed by atoms with E-state index < -0.39 is 5.60 Å². The van der Waals surface area contributed by atoms with Gasteiger partial charge in [-0.15, -0.1) is 5.10 Å². The number of nitrogens with one attached hydrogen (secondary N) is 1. The van der Waals surface area contributed by atoms with Gasteiger partial charge in [0.1, 0.15) is 0 Å². The van der Waals surface area contributed by atoms with Crippen molar-refractivity contribution in [1.29, 1.82) is 0 Å². The Bertz CT molecular complexity index is 376. The summed E-state index contributed by atoms with van der Waals surface area (Å²) in [6, 6.07) is 0. The first-order valence-electron chi connectivity index (χ1n) is 6.24. The molecule has 1 heterocycles. The minimum atomic E-state index is -0.472. The fraction of sp³-hybridized carbons (Fsp3) is 0.833. The third kappa shape index (κ3) is 3.04. The second-order valence-electron chi connectivity index (χ2n) is 6.01. The molecule has 0 unspecified atom stereocenters. The van der Waals surface area contributed by atoms with Crippen LogP contribution in [0.1, 0.15) is 45.7 Å². The van der Waals surface area contributed by atoms with Crippen molar-refractivity contribution in [2.24, 2.45) is 0 Å². The lowest BCUT2D eigenvalue weighted by atomic mass is 9.80. The van der Waals surface area contributed by atoms with E-state index in [1.54, 1.807) is 0 Å². The van der Waals surface area contributed by atoms with E-state index in [0.29, 0.717) is 13.1 Å². The van der Waals surface area contributed by atoms with E-state index in [0.717, 1.165) is 25.0 Å². The zero-order chi connectivity index (χ0) is 12.5. The molecule has 0 aromatic carbocycles. The third-order valence-corrected chi connectivity index (χ3v) is 3.27. The monoisotopic (exact) mass is 238 g/mol. The molecule has 1 aromatic heterocycles. The van der Waals surface area contributed by atoms with Gasteiger partial charge in [0.05, 0.1) is 23.0 Å². The van der Waals surface area contributed by atoms with Crippen molar-refractivity contribution in [3.8, 4) is 0 Å². The molecular formula is C12H22N4O. The minimum absolute atomic E-state index is 0.0303. The van der Waals surface area contributed by atoms with E-state index >= 15 is 0 Å². The van der Waals surface area contributed by atoms with Gasteiger partial charge in [-0.2, -0.15) is 0 Å². The van der Waals surface area contributed by atoms with Crippen molar-refractivity contribution in [1.82, 2.24) is 20.3 Å². The zero-order valence-corrected chi connectivity index (χ0v) is 10.9. The Morgan fingerprint density at radius 1 is 1.47 bits per heavy atom. The van der Waals surface area contributed by atoms with Gasteiger partial charge in [0, 0.05) is 13.1 Å². The summed E-state index contributed by atoms with van der Waals surface area (Å²) in [5, 5.41) is 21.4. The number of aromatic nitrogens is 3. The Morgan fingerprint density at radius 2 is 2.18 bits per heavy atom. The van der Waals surface area contributed by atoms with E-state index in [9.17, 15) is 5.11 Å². The van der Waals surface area contributed by atoms with Gasteiger partial charge in [-0.1, -0.05) is 5.21 Å². The molecule has 0 spiro atoms. The number of hydrogen-bond donors (Lipinski definition) is 2. The SMILES string of the molecule is CC(C)(C)n1cc(CNCC2(O)CCC2)nn1. The van der Waals surface area contributed by atoms with E-state index in [-0.39, 0.29) is 5.54 Å². The largest absolute Gasteiger partial charge is 0.389 e. The molecule has 2 N–H and O–H groups in total. The van der Waals surface area contributed by atoms with Crippen molar-refractivity contribution in [3.05, 3.63) is 11.9 Å². The van der Waals surface area contributed by atoms with Crippen molar-refractivity contribution in [2.45, 2.75) is 57.7 Å². The molecular weight excluding hydrogens is 216 g/mol. The Balaban J connectivity index is 1.81. The first-order valence-corrected chi connectivity index (χ1v) is 6.24. The molecule has 17 heavy (non-hydrogen) atoms. The van der Waals surface area contributed by atoms with Crippen LogP contribution in [0.4, 0.5) is 0 Å². The van der Waals surface area contributed by atoms with Crippen molar-refractivity contribution in [2.75, 3.05) is 6.54 Å². The maximum atomic E-state index is 9.92. The topological polar surface area (TPSA) is 63.0 Å². The van der Waals surface area contributed by atoms with Crippen molar-refractivity contribution < 1.29 is 5.11 Å². The van der Waals surface area contributed by atoms with Gasteiger partial charge in [0.15, 0.2) is 0 Å². The average molecular weight is 238 g/mol. The molecule has 1 aliphatic carbocycles. The molecule has 1 aromatic rings. The fourth-order valence-electron chi connectivity index (χ4n) is 1.89. The highest BCUT2D eigenvalue weighted by atomic mass is 16.3. The molecule has 1 aliphatic rings. The normalized spacial score (nSPS) is 19.1. The van der Waals surface area contributed by atoms with Crippen LogP contribution in [0, 0.1) is 0 Å². The summed E-state index contributed by atoms with van der Waals surface area (Å²) in [7, 11) is 0. The van der Waals surface area contributed by atoms with Gasteiger partial charge in [0.2, 0.25) is 0 Å². The molecule has 1 fully saturated rings. The second kappa shape index (κ2) is 4.38. The van der Waals surface area contributed by atoms with E-state index in [1.165, 1.54) is 0 Å². The molecule has 0 saturated heterocycles. The van der Waals surface area contributed by atoms with Gasteiger partial charge in [-0.25, -0.2) is 4.68 Å². The van der Waals surface area contributed by atoms with Crippen LogP contribution in [-0.2, 0) is 12.1 Å². The Labute approximate surface area is 102 Å². The summed E-state index contributed by atoms with van der Waals surface area (Å²) in [5.41, 5.74) is 0.417. The highest BCUT2D eigenvalue weighted by molar-refractivity contribution is 4.96. The van der Waals surface area contributed by atoms with E-state index in [1.807, 2.05) is 10.9 Å². The van der Waals surface area contributed by atoms with Crippen molar-refractivity contribution >= 4 is 0 Å². The summed E-state index contributed by atoms with van der Waals surface area (Å²) in [4.78, 5) is 0. The molecule has 2 rings (SSSR count). The van der Waals surface area contributed by atoms with Crippen LogP contribution in [0.25, 0.3) is 0 Å². The van der Waals surface area contributed by atoms with Crippen LogP contribution in [-0.4, -0.2) is 32.2 Å². The van der Waals surface area contributed by atoms with Crippen LogP contribution < -0.4 is 5.32 Å². The van der Waals surface area contributed by atoms with Crippen LogP contribution in [0.3, 0.4) is 0 Å². The molecule has 5 heteroatoms. The molecule has 0 amide bonds. The lowest BCUT2D eigenvalue weighted by molar-refractivity contribution is -0.0315. The van der Waals surface area contributed by atoms with E-state index in [2.05, 4.69) is 36.4 Å². The Hall–Kier alpha value is -0.940. The first-order chi connectivity index (χ1) is 7.89. The minimum Gasteiger partial charge on any atom is -0.389 e. The zero-order valence-electron chi connectivity index (χ0n) is 10.9. The highest BCUT2D eigenvalue weighted by Crippen LogP contribution is 2.30. The maximum Gasteiger partial charge on any atom is 0.0965 e. The number of hydrogen-bond acceptors (Lipinski definition) is 4. The van der Waals surface area contributed by atoms with Crippen LogP contribution in [0.2, 0.25) is 0 Å². The lowest BCUT2D eigenvalue weighted by Crippen LogP contribution is -2.46. The summed E-state index contributed by atoms with van der Waals surface area (Å²) in [5.74, 6) is 0. The number of aliphatic hydroxyl groups is 1. The van der Waals surface area contributed by atoms with E-state index in [4.69, 9.17) is 0 Å². The molecule has 1 saturated carbocycles. The fourth-order valence-corrected chi connectivity index (χ4v) is 1.89. The predicted octanol–water partition coefficient (Wildman–Crippen LogP) is 1.04. The first kappa shape index (κ1) is 12.5. The quantitative estimate of drug-likeness (QED) is 0.822. The summed E-state index contributed by atoms with van der Waals surface area (Å²) >= 11 is 0. The van der Waals surface area contributed by atoms with Crippen LogP contribution >= 0.6 is 0 Å². The number of nitrogens with zero attached hydrogens (tertiary/aromatic N) is 3. The molecule has 0 atom stereocenters. The smallest absolute Gasteiger partial charge is 0.0965 e. The van der Waals surface area contributed by atoms with Gasteiger partial charge >= 0.3 is 0 Å². The molecule has 0 radical (unpaired) electrons. The van der Waals surface area contributed by atoms with Crippen LogP contribution in [0.15, 0.2) is 6.20 Å². The Kier molecular flexibility index (Phi) is 3.23. The van der Waals surface area contributed by atoms with Gasteiger partial charge in [0.25, 0.3) is 0 Å². The third-order valence-electron chi connectivity index (χ3n) is 3.27. The Morgan fingerprint density at radius 3 is 2.65 bits per heavy atom. The van der Waals surface area contributed by atoms with Gasteiger partial charge < -0.3 is 10.4 Å². The highest BCUT2D eigenvalue weighted by Gasteiger charge is 2.33.